The van der Waals surface area contributed by atoms with Crippen LogP contribution in [-0.4, -0.2) is 39.4 Å². The Kier molecular flexibility index (Phi) is 5.35. The Morgan fingerprint density at radius 2 is 1.87 bits per heavy atom. The summed E-state index contributed by atoms with van der Waals surface area (Å²) >= 11 is 0. The molecule has 1 aliphatic heterocycles. The second-order valence-corrected chi connectivity index (χ2v) is 7.68. The molecule has 0 saturated carbocycles. The fraction of sp³-hybridized carbons (Fsp3) is 0.304. The Bertz CT molecular complexity index is 1090. The molecule has 3 aromatic rings. The van der Waals surface area contributed by atoms with Gasteiger partial charge in [0.05, 0.1) is 0 Å². The van der Waals surface area contributed by atoms with E-state index in [4.69, 9.17) is 4.52 Å². The van der Waals surface area contributed by atoms with Crippen LogP contribution in [0, 0.1) is 20.8 Å². The number of hydrogen-bond acceptors (Lipinski definition) is 5. The minimum Gasteiger partial charge on any atom is -0.339 e. The lowest BCUT2D eigenvalue weighted by molar-refractivity contribution is -0.119. The molecular formula is C23H24N4O3. The van der Waals surface area contributed by atoms with Crippen molar-refractivity contribution in [3.63, 3.8) is 0 Å². The van der Waals surface area contributed by atoms with Crippen LogP contribution in [0.3, 0.4) is 0 Å². The molecule has 0 aliphatic carbocycles. The van der Waals surface area contributed by atoms with E-state index >= 15 is 0 Å². The van der Waals surface area contributed by atoms with Gasteiger partial charge in [-0.2, -0.15) is 4.98 Å². The fourth-order valence-corrected chi connectivity index (χ4v) is 3.80. The van der Waals surface area contributed by atoms with Gasteiger partial charge in [-0.1, -0.05) is 35.0 Å². The zero-order chi connectivity index (χ0) is 21.3. The smallest absolute Gasteiger partial charge is 0.254 e. The minimum absolute atomic E-state index is 0.147. The maximum Gasteiger partial charge on any atom is 0.254 e. The van der Waals surface area contributed by atoms with Crippen molar-refractivity contribution in [1.82, 2.24) is 15.0 Å². The van der Waals surface area contributed by atoms with Crippen LogP contribution in [-0.2, 0) is 4.79 Å². The van der Waals surface area contributed by atoms with E-state index in [1.165, 1.54) is 0 Å². The van der Waals surface area contributed by atoms with Crippen LogP contribution in [0.1, 0.15) is 40.2 Å². The third kappa shape index (κ3) is 3.96. The van der Waals surface area contributed by atoms with Crippen LogP contribution in [0.4, 0.5) is 5.69 Å². The molecule has 1 atom stereocenters. The Labute approximate surface area is 175 Å². The van der Waals surface area contributed by atoms with Gasteiger partial charge in [-0.05, 0) is 50.5 Å². The molecule has 1 fully saturated rings. The normalized spacial score (nSPS) is 16.0. The van der Waals surface area contributed by atoms with Crippen LogP contribution < -0.4 is 5.32 Å². The van der Waals surface area contributed by atoms with Gasteiger partial charge in [-0.3, -0.25) is 9.59 Å². The molecule has 2 amide bonds. The van der Waals surface area contributed by atoms with Gasteiger partial charge in [0.25, 0.3) is 5.91 Å². The second kappa shape index (κ2) is 8.10. The molecule has 154 valence electrons. The molecule has 7 heteroatoms. The number of nitrogens with zero attached hydrogens (tertiary/aromatic N) is 3. The first-order valence-electron chi connectivity index (χ1n) is 10.0. The number of carbonyl (C=O) groups excluding carboxylic acids is 2. The van der Waals surface area contributed by atoms with Crippen LogP contribution in [0.15, 0.2) is 47.0 Å². The van der Waals surface area contributed by atoms with Gasteiger partial charge in [0.2, 0.25) is 17.6 Å². The molecule has 4 rings (SSSR count). The number of amides is 2. The van der Waals surface area contributed by atoms with Gasteiger partial charge in [0.15, 0.2) is 0 Å². The van der Waals surface area contributed by atoms with Gasteiger partial charge in [0, 0.05) is 30.3 Å². The van der Waals surface area contributed by atoms with Crippen LogP contribution in [0.25, 0.3) is 11.4 Å². The molecule has 2 aromatic carbocycles. The Hall–Kier alpha value is -3.48. The molecule has 0 bridgehead atoms. The third-order valence-corrected chi connectivity index (χ3v) is 5.37. The Morgan fingerprint density at radius 1 is 1.10 bits per heavy atom. The van der Waals surface area contributed by atoms with Gasteiger partial charge >= 0.3 is 0 Å². The zero-order valence-corrected chi connectivity index (χ0v) is 17.3. The SMILES string of the molecule is Cc1ccc(NC(=O)C2CCCN2C(=O)c2ccc(-c3noc(C)n3)cc2)c(C)c1. The Morgan fingerprint density at radius 3 is 2.53 bits per heavy atom. The van der Waals surface area contributed by atoms with Crippen molar-refractivity contribution in [3.8, 4) is 11.4 Å². The van der Waals surface area contributed by atoms with E-state index in [1.807, 2.05) is 32.0 Å². The highest BCUT2D eigenvalue weighted by Gasteiger charge is 2.34. The monoisotopic (exact) mass is 404 g/mol. The Balaban J connectivity index is 1.48. The first-order chi connectivity index (χ1) is 14.4. The first-order valence-corrected chi connectivity index (χ1v) is 10.0. The molecule has 1 unspecified atom stereocenters. The molecule has 7 nitrogen and oxygen atoms in total. The van der Waals surface area contributed by atoms with Crippen molar-refractivity contribution < 1.29 is 14.1 Å². The summed E-state index contributed by atoms with van der Waals surface area (Å²) < 4.78 is 5.00. The summed E-state index contributed by atoms with van der Waals surface area (Å²) in [5.41, 5.74) is 4.23. The fourth-order valence-electron chi connectivity index (χ4n) is 3.80. The predicted octanol–water partition coefficient (Wildman–Crippen LogP) is 3.91. The van der Waals surface area contributed by atoms with Crippen LogP contribution in [0.5, 0.6) is 0 Å². The van der Waals surface area contributed by atoms with E-state index in [-0.39, 0.29) is 11.8 Å². The number of carbonyl (C=O) groups is 2. The number of anilines is 1. The van der Waals surface area contributed by atoms with E-state index in [0.29, 0.717) is 30.2 Å². The molecule has 2 heterocycles. The molecule has 1 aliphatic rings. The lowest BCUT2D eigenvalue weighted by Gasteiger charge is -2.24. The van der Waals surface area contributed by atoms with Crippen molar-refractivity contribution >= 4 is 17.5 Å². The molecule has 1 N–H and O–H groups in total. The molecule has 1 aromatic heterocycles. The topological polar surface area (TPSA) is 88.3 Å². The number of aryl methyl sites for hydroxylation is 3. The number of rotatable bonds is 4. The van der Waals surface area contributed by atoms with Gasteiger partial charge < -0.3 is 14.7 Å². The summed E-state index contributed by atoms with van der Waals surface area (Å²) in [5, 5.41) is 6.88. The van der Waals surface area contributed by atoms with Crippen molar-refractivity contribution in [3.05, 3.63) is 65.0 Å². The third-order valence-electron chi connectivity index (χ3n) is 5.37. The molecule has 0 spiro atoms. The number of hydrogen-bond donors (Lipinski definition) is 1. The van der Waals surface area contributed by atoms with E-state index < -0.39 is 6.04 Å². The van der Waals surface area contributed by atoms with Crippen molar-refractivity contribution in [1.29, 1.82) is 0 Å². The predicted molar refractivity (Wildman–Crippen MR) is 113 cm³/mol. The molecule has 1 saturated heterocycles. The van der Waals surface area contributed by atoms with Crippen molar-refractivity contribution in [2.24, 2.45) is 0 Å². The maximum atomic E-state index is 13.1. The van der Waals surface area contributed by atoms with Gasteiger partial charge in [0.1, 0.15) is 6.04 Å². The standard InChI is InChI=1S/C23H24N4O3/c1-14-6-11-19(15(2)13-14)25-22(28)20-5-4-12-27(20)23(29)18-9-7-17(8-10-18)21-24-16(3)30-26-21/h6-11,13,20H,4-5,12H2,1-3H3,(H,25,28). The largest absolute Gasteiger partial charge is 0.339 e. The number of likely N-dealkylation sites (tertiary alicyclic amines) is 1. The maximum absolute atomic E-state index is 13.1. The zero-order valence-electron chi connectivity index (χ0n) is 17.3. The van der Waals surface area contributed by atoms with Gasteiger partial charge in [-0.15, -0.1) is 0 Å². The number of aromatic nitrogens is 2. The number of benzene rings is 2. The molecule has 0 radical (unpaired) electrons. The summed E-state index contributed by atoms with van der Waals surface area (Å²) in [6.07, 6.45) is 1.46. The summed E-state index contributed by atoms with van der Waals surface area (Å²) in [5.74, 6) is 0.675. The molecule has 30 heavy (non-hydrogen) atoms. The summed E-state index contributed by atoms with van der Waals surface area (Å²) in [7, 11) is 0. The van der Waals surface area contributed by atoms with Gasteiger partial charge in [-0.25, -0.2) is 0 Å². The van der Waals surface area contributed by atoms with E-state index in [1.54, 1.807) is 36.1 Å². The van der Waals surface area contributed by atoms with Crippen LogP contribution in [0.2, 0.25) is 0 Å². The lowest BCUT2D eigenvalue weighted by atomic mass is 10.1. The molecular weight excluding hydrogens is 380 g/mol. The van der Waals surface area contributed by atoms with Crippen molar-refractivity contribution in [2.75, 3.05) is 11.9 Å². The van der Waals surface area contributed by atoms with E-state index in [9.17, 15) is 9.59 Å². The average molecular weight is 404 g/mol. The highest BCUT2D eigenvalue weighted by atomic mass is 16.5. The first kappa shape index (κ1) is 19.8. The summed E-state index contributed by atoms with van der Waals surface area (Å²) in [6.45, 7) is 6.27. The highest BCUT2D eigenvalue weighted by molar-refractivity contribution is 6.02. The highest BCUT2D eigenvalue weighted by Crippen LogP contribution is 2.24. The van der Waals surface area contributed by atoms with E-state index in [0.717, 1.165) is 28.8 Å². The summed E-state index contributed by atoms with van der Waals surface area (Å²) in [4.78, 5) is 31.8. The minimum atomic E-state index is -0.474. The van der Waals surface area contributed by atoms with Crippen LogP contribution >= 0.6 is 0 Å². The lowest BCUT2D eigenvalue weighted by Crippen LogP contribution is -2.43. The average Bonchev–Trinajstić information content (AvgIpc) is 3.39. The second-order valence-electron chi connectivity index (χ2n) is 7.68. The number of nitrogens with one attached hydrogen (secondary N) is 1. The summed E-state index contributed by atoms with van der Waals surface area (Å²) in [6, 6.07) is 12.5. The van der Waals surface area contributed by atoms with Crippen molar-refractivity contribution in [2.45, 2.75) is 39.7 Å². The van der Waals surface area contributed by atoms with E-state index in [2.05, 4.69) is 15.5 Å². The quantitative estimate of drug-likeness (QED) is 0.712.